The molecule has 4 nitrogen and oxygen atoms in total. The molecule has 1 saturated carbocycles. The lowest BCUT2D eigenvalue weighted by atomic mass is 10.2. The molecule has 0 amide bonds. The summed E-state index contributed by atoms with van der Waals surface area (Å²) >= 11 is 11.8. The molecule has 1 aliphatic rings. The van der Waals surface area contributed by atoms with E-state index in [-0.39, 0.29) is 27.4 Å². The average molecular weight is 324 g/mol. The molecule has 0 bridgehead atoms. The van der Waals surface area contributed by atoms with E-state index in [1.165, 1.54) is 19.2 Å². The fourth-order valence-corrected chi connectivity index (χ4v) is 4.15. The molecule has 1 N–H and O–H groups in total. The van der Waals surface area contributed by atoms with E-state index in [1.54, 1.807) is 6.07 Å². The summed E-state index contributed by atoms with van der Waals surface area (Å²) in [5.41, 5.74) is 0. The number of benzene rings is 1. The molecule has 0 aromatic heterocycles. The van der Waals surface area contributed by atoms with Crippen molar-refractivity contribution in [2.24, 2.45) is 5.92 Å². The molecule has 1 aromatic rings. The quantitative estimate of drug-likeness (QED) is 0.905. The molecule has 106 valence electrons. The van der Waals surface area contributed by atoms with Crippen LogP contribution < -0.4 is 0 Å². The van der Waals surface area contributed by atoms with Gasteiger partial charge in [0.15, 0.2) is 0 Å². The molecular weight excluding hydrogens is 309 g/mol. The zero-order valence-corrected chi connectivity index (χ0v) is 12.7. The van der Waals surface area contributed by atoms with Crippen molar-refractivity contribution < 1.29 is 13.5 Å². The van der Waals surface area contributed by atoms with Gasteiger partial charge in [0.2, 0.25) is 10.0 Å². The van der Waals surface area contributed by atoms with Crippen LogP contribution in [0.15, 0.2) is 23.1 Å². The Morgan fingerprint density at radius 3 is 2.37 bits per heavy atom. The van der Waals surface area contributed by atoms with Gasteiger partial charge >= 0.3 is 0 Å². The monoisotopic (exact) mass is 323 g/mol. The second kappa shape index (κ2) is 5.58. The molecule has 1 unspecified atom stereocenters. The molecule has 1 atom stereocenters. The lowest BCUT2D eigenvalue weighted by Crippen LogP contribution is -2.35. The maximum absolute atomic E-state index is 12.4. The van der Waals surface area contributed by atoms with Crippen LogP contribution in [0.2, 0.25) is 10.0 Å². The van der Waals surface area contributed by atoms with Crippen molar-refractivity contribution in [3.8, 4) is 0 Å². The van der Waals surface area contributed by atoms with Gasteiger partial charge in [0.05, 0.1) is 16.1 Å². The number of halogens is 2. The molecule has 0 aliphatic heterocycles. The normalized spacial score (nSPS) is 17.7. The summed E-state index contributed by atoms with van der Waals surface area (Å²) in [6.45, 7) is 0.0502. The summed E-state index contributed by atoms with van der Waals surface area (Å²) in [5.74, 6) is 0.208. The molecule has 2 rings (SSSR count). The van der Waals surface area contributed by atoms with E-state index in [9.17, 15) is 13.5 Å². The summed E-state index contributed by atoms with van der Waals surface area (Å²) in [6, 6.07) is 4.54. The van der Waals surface area contributed by atoms with Crippen molar-refractivity contribution in [3.63, 3.8) is 0 Å². The van der Waals surface area contributed by atoms with E-state index < -0.39 is 16.1 Å². The van der Waals surface area contributed by atoms with Crippen LogP contribution in [0.1, 0.15) is 12.8 Å². The van der Waals surface area contributed by atoms with E-state index in [4.69, 9.17) is 23.2 Å². The Labute approximate surface area is 123 Å². The third-order valence-electron chi connectivity index (χ3n) is 3.20. The van der Waals surface area contributed by atoms with Gasteiger partial charge in [-0.1, -0.05) is 29.3 Å². The van der Waals surface area contributed by atoms with Crippen LogP contribution in [-0.4, -0.2) is 37.5 Å². The Balaban J connectivity index is 2.25. The van der Waals surface area contributed by atoms with Gasteiger partial charge < -0.3 is 5.11 Å². The first-order chi connectivity index (χ1) is 8.84. The molecule has 19 heavy (non-hydrogen) atoms. The number of hydrogen-bond acceptors (Lipinski definition) is 3. The van der Waals surface area contributed by atoms with Gasteiger partial charge in [-0.25, -0.2) is 8.42 Å². The first-order valence-corrected chi connectivity index (χ1v) is 8.12. The molecule has 7 heteroatoms. The van der Waals surface area contributed by atoms with Crippen LogP contribution in [0.5, 0.6) is 0 Å². The first-order valence-electron chi connectivity index (χ1n) is 5.92. The minimum Gasteiger partial charge on any atom is -0.391 e. The third-order valence-corrected chi connectivity index (χ3v) is 5.98. The fraction of sp³-hybridized carbons (Fsp3) is 0.500. The highest BCUT2D eigenvalue weighted by Gasteiger charge is 2.34. The van der Waals surface area contributed by atoms with Crippen LogP contribution in [-0.2, 0) is 10.0 Å². The van der Waals surface area contributed by atoms with Crippen molar-refractivity contribution >= 4 is 33.2 Å². The molecule has 0 saturated heterocycles. The van der Waals surface area contributed by atoms with Gasteiger partial charge in [0, 0.05) is 13.6 Å². The number of rotatable bonds is 5. The average Bonchev–Trinajstić information content (AvgIpc) is 3.11. The van der Waals surface area contributed by atoms with Crippen molar-refractivity contribution in [1.82, 2.24) is 4.31 Å². The Hall–Kier alpha value is -0.330. The Morgan fingerprint density at radius 2 is 1.89 bits per heavy atom. The Kier molecular flexibility index (Phi) is 4.42. The van der Waals surface area contributed by atoms with E-state index >= 15 is 0 Å². The number of sulfonamides is 1. The van der Waals surface area contributed by atoms with Gasteiger partial charge in [-0.3, -0.25) is 0 Å². The topological polar surface area (TPSA) is 57.6 Å². The summed E-state index contributed by atoms with van der Waals surface area (Å²) in [6.07, 6.45) is 1.25. The van der Waals surface area contributed by atoms with Crippen molar-refractivity contribution in [1.29, 1.82) is 0 Å². The summed E-state index contributed by atoms with van der Waals surface area (Å²) in [4.78, 5) is -0.108. The largest absolute Gasteiger partial charge is 0.391 e. The number of aliphatic hydroxyl groups excluding tert-OH is 1. The first kappa shape index (κ1) is 15.1. The van der Waals surface area contributed by atoms with E-state index in [1.807, 2.05) is 0 Å². The summed E-state index contributed by atoms with van der Waals surface area (Å²) < 4.78 is 25.9. The molecule has 1 aromatic carbocycles. The highest BCUT2D eigenvalue weighted by atomic mass is 35.5. The van der Waals surface area contributed by atoms with Gasteiger partial charge in [0.1, 0.15) is 4.90 Å². The molecule has 0 heterocycles. The number of nitrogens with zero attached hydrogens (tertiary/aromatic N) is 1. The van der Waals surface area contributed by atoms with Gasteiger partial charge in [-0.15, -0.1) is 0 Å². The standard InChI is InChI=1S/C12H15Cl2NO3S/c1-15(7-11(16)8-5-6-8)19(17,18)12-9(13)3-2-4-10(12)14/h2-4,8,11,16H,5-7H2,1H3. The van der Waals surface area contributed by atoms with Crippen molar-refractivity contribution in [2.45, 2.75) is 23.8 Å². The fourth-order valence-electron chi connectivity index (χ4n) is 1.88. The van der Waals surface area contributed by atoms with E-state index in [0.717, 1.165) is 17.1 Å². The summed E-state index contributed by atoms with van der Waals surface area (Å²) in [7, 11) is -2.37. The molecule has 1 fully saturated rings. The van der Waals surface area contributed by atoms with Crippen LogP contribution in [0.4, 0.5) is 0 Å². The second-order valence-corrected chi connectivity index (χ2v) is 7.54. The molecule has 1 aliphatic carbocycles. The van der Waals surface area contributed by atoms with Crippen LogP contribution in [0.25, 0.3) is 0 Å². The van der Waals surface area contributed by atoms with Gasteiger partial charge in [-0.05, 0) is 30.9 Å². The summed E-state index contributed by atoms with van der Waals surface area (Å²) in [5, 5.41) is 10.0. The third kappa shape index (κ3) is 3.23. The molecule has 0 radical (unpaired) electrons. The zero-order valence-electron chi connectivity index (χ0n) is 10.4. The smallest absolute Gasteiger partial charge is 0.245 e. The minimum absolute atomic E-state index is 0.0502. The zero-order chi connectivity index (χ0) is 14.2. The molecule has 0 spiro atoms. The predicted octanol–water partition coefficient (Wildman–Crippen LogP) is 2.38. The Bertz CT molecular complexity index is 552. The van der Waals surface area contributed by atoms with Crippen LogP contribution in [0, 0.1) is 5.92 Å². The predicted molar refractivity (Wildman–Crippen MR) is 75.0 cm³/mol. The van der Waals surface area contributed by atoms with Gasteiger partial charge in [-0.2, -0.15) is 4.31 Å². The Morgan fingerprint density at radius 1 is 1.37 bits per heavy atom. The van der Waals surface area contributed by atoms with Crippen molar-refractivity contribution in [3.05, 3.63) is 28.2 Å². The van der Waals surface area contributed by atoms with Crippen molar-refractivity contribution in [2.75, 3.05) is 13.6 Å². The SMILES string of the molecule is CN(CC(O)C1CC1)S(=O)(=O)c1c(Cl)cccc1Cl. The lowest BCUT2D eigenvalue weighted by Gasteiger charge is -2.21. The highest BCUT2D eigenvalue weighted by Crippen LogP contribution is 2.35. The number of likely N-dealkylation sites (N-methyl/N-ethyl adjacent to an activating group) is 1. The van der Waals surface area contributed by atoms with Gasteiger partial charge in [0.25, 0.3) is 0 Å². The second-order valence-electron chi connectivity index (χ2n) is 4.74. The minimum atomic E-state index is -3.79. The number of aliphatic hydroxyl groups is 1. The maximum Gasteiger partial charge on any atom is 0.245 e. The van der Waals surface area contributed by atoms with Crippen LogP contribution in [0.3, 0.4) is 0 Å². The van der Waals surface area contributed by atoms with Crippen LogP contribution >= 0.6 is 23.2 Å². The van der Waals surface area contributed by atoms with E-state index in [0.29, 0.717) is 0 Å². The molecular formula is C12H15Cl2NO3S. The lowest BCUT2D eigenvalue weighted by molar-refractivity contribution is 0.131. The number of hydrogen-bond donors (Lipinski definition) is 1. The van der Waals surface area contributed by atoms with E-state index in [2.05, 4.69) is 0 Å². The maximum atomic E-state index is 12.4. The highest BCUT2D eigenvalue weighted by molar-refractivity contribution is 7.89.